The van der Waals surface area contributed by atoms with Gasteiger partial charge in [0.05, 0.1) is 7.11 Å². The third kappa shape index (κ3) is 1.46. The Balaban J connectivity index is 2.45. The van der Waals surface area contributed by atoms with Crippen LogP contribution in [0.25, 0.3) is 0 Å². The third-order valence-electron chi connectivity index (χ3n) is 2.50. The number of carbonyl (C=O) groups excluding carboxylic acids is 1. The van der Waals surface area contributed by atoms with Crippen LogP contribution < -0.4 is 10.5 Å². The van der Waals surface area contributed by atoms with Crippen molar-refractivity contribution < 1.29 is 9.53 Å². The molecule has 1 unspecified atom stereocenters. The molecule has 0 aliphatic carbocycles. The number of carbonyl (C=O) groups is 1. The van der Waals surface area contributed by atoms with Crippen LogP contribution in [-0.2, 0) is 10.3 Å². The fraction of sp³-hybridized carbons (Fsp3) is 0.182. The average Bonchev–Trinajstić information content (AvgIpc) is 2.79. The number of hydrogen-bond donors (Lipinski definition) is 1. The van der Waals surface area contributed by atoms with E-state index in [2.05, 4.69) is 10.2 Å². The first-order chi connectivity index (χ1) is 7.69. The number of nitrogens with zero attached hydrogens (tertiary/aromatic N) is 2. The molecule has 2 rings (SSSR count). The van der Waals surface area contributed by atoms with E-state index in [1.807, 2.05) is 0 Å². The van der Waals surface area contributed by atoms with Crippen molar-refractivity contribution in [3.8, 4) is 5.75 Å². The number of nitrogens with two attached hydrogens (primary N) is 1. The van der Waals surface area contributed by atoms with Gasteiger partial charge >= 0.3 is 0 Å². The van der Waals surface area contributed by atoms with Crippen molar-refractivity contribution >= 4 is 5.91 Å². The Labute approximate surface area is 92.6 Å². The van der Waals surface area contributed by atoms with E-state index in [-0.39, 0.29) is 0 Å². The highest BCUT2D eigenvalue weighted by Crippen LogP contribution is 2.32. The minimum absolute atomic E-state index is 0.546. The highest BCUT2D eigenvalue weighted by Gasteiger charge is 2.38. The van der Waals surface area contributed by atoms with Crippen molar-refractivity contribution in [2.75, 3.05) is 7.11 Å². The molecule has 82 valence electrons. The second-order valence-electron chi connectivity index (χ2n) is 3.39. The van der Waals surface area contributed by atoms with Crippen molar-refractivity contribution in [3.05, 3.63) is 42.1 Å². The number of primary amides is 1. The molecule has 0 saturated heterocycles. The molecule has 1 aromatic rings. The third-order valence-corrected chi connectivity index (χ3v) is 2.50. The lowest BCUT2D eigenvalue weighted by atomic mass is 9.90. The predicted octanol–water partition coefficient (Wildman–Crippen LogP) is 1.36. The summed E-state index contributed by atoms with van der Waals surface area (Å²) < 4.78 is 5.04. The van der Waals surface area contributed by atoms with Crippen molar-refractivity contribution in [2.45, 2.75) is 5.54 Å². The lowest BCUT2D eigenvalue weighted by Gasteiger charge is -2.18. The number of rotatable bonds is 3. The summed E-state index contributed by atoms with van der Waals surface area (Å²) in [7, 11) is 1.58. The summed E-state index contributed by atoms with van der Waals surface area (Å²) in [5, 5.41) is 7.58. The van der Waals surface area contributed by atoms with Gasteiger partial charge in [0, 0.05) is 6.20 Å². The van der Waals surface area contributed by atoms with Crippen LogP contribution in [0.5, 0.6) is 5.75 Å². The molecule has 1 heterocycles. The number of ether oxygens (including phenoxy) is 1. The normalized spacial score (nSPS) is 22.3. The highest BCUT2D eigenvalue weighted by molar-refractivity contribution is 5.89. The number of hydrogen-bond acceptors (Lipinski definition) is 4. The molecular weight excluding hydrogens is 206 g/mol. The van der Waals surface area contributed by atoms with E-state index >= 15 is 0 Å². The molecule has 2 N–H and O–H groups in total. The first-order valence-corrected chi connectivity index (χ1v) is 4.73. The number of amides is 1. The molecule has 0 bridgehead atoms. The molecule has 0 spiro atoms. The lowest BCUT2D eigenvalue weighted by Crippen LogP contribution is -2.36. The quantitative estimate of drug-likeness (QED) is 0.829. The maximum absolute atomic E-state index is 11.5. The Bertz CT molecular complexity index is 451. The SMILES string of the molecule is COc1ccc(C2(C(N)=O)C=CN=N2)cc1. The summed E-state index contributed by atoms with van der Waals surface area (Å²) in [5.41, 5.74) is 4.88. The number of azo groups is 1. The standard InChI is InChI=1S/C11H11N3O2/c1-16-9-4-2-8(3-5-9)11(10(12)15)6-7-13-14-11/h2-7H,1H3,(H2,12,15). The van der Waals surface area contributed by atoms with Crippen LogP contribution in [0.3, 0.4) is 0 Å². The largest absolute Gasteiger partial charge is 0.497 e. The predicted molar refractivity (Wildman–Crippen MR) is 57.9 cm³/mol. The summed E-state index contributed by atoms with van der Waals surface area (Å²) in [4.78, 5) is 11.5. The van der Waals surface area contributed by atoms with Crippen LogP contribution in [-0.4, -0.2) is 13.0 Å². The summed E-state index contributed by atoms with van der Waals surface area (Å²) in [6.07, 6.45) is 3.05. The van der Waals surface area contributed by atoms with Gasteiger partial charge in [-0.2, -0.15) is 10.2 Å². The second kappa shape index (κ2) is 3.77. The molecule has 5 heteroatoms. The minimum Gasteiger partial charge on any atom is -0.497 e. The van der Waals surface area contributed by atoms with Gasteiger partial charge in [-0.25, -0.2) is 0 Å². The van der Waals surface area contributed by atoms with Crippen molar-refractivity contribution in [2.24, 2.45) is 16.0 Å². The lowest BCUT2D eigenvalue weighted by molar-refractivity contribution is -0.121. The van der Waals surface area contributed by atoms with E-state index < -0.39 is 11.4 Å². The van der Waals surface area contributed by atoms with E-state index in [0.29, 0.717) is 11.3 Å². The molecule has 16 heavy (non-hydrogen) atoms. The molecule has 0 radical (unpaired) electrons. The number of benzene rings is 1. The van der Waals surface area contributed by atoms with Crippen LogP contribution in [0.1, 0.15) is 5.56 Å². The molecule has 5 nitrogen and oxygen atoms in total. The maximum atomic E-state index is 11.5. The molecule has 1 aromatic carbocycles. The molecule has 1 aliphatic heterocycles. The van der Waals surface area contributed by atoms with Crippen LogP contribution in [0.4, 0.5) is 0 Å². The maximum Gasteiger partial charge on any atom is 0.256 e. The number of methoxy groups -OCH3 is 1. The van der Waals surface area contributed by atoms with Crippen molar-refractivity contribution in [3.63, 3.8) is 0 Å². The minimum atomic E-state index is -1.16. The molecule has 1 atom stereocenters. The molecular formula is C11H11N3O2. The van der Waals surface area contributed by atoms with Gasteiger partial charge in [0.2, 0.25) is 5.54 Å². The zero-order valence-corrected chi connectivity index (χ0v) is 8.75. The Morgan fingerprint density at radius 3 is 2.50 bits per heavy atom. The molecule has 1 aliphatic rings. The van der Waals surface area contributed by atoms with Gasteiger partial charge in [-0.15, -0.1) is 0 Å². The van der Waals surface area contributed by atoms with Gasteiger partial charge in [-0.3, -0.25) is 4.79 Å². The van der Waals surface area contributed by atoms with Crippen molar-refractivity contribution in [1.29, 1.82) is 0 Å². The topological polar surface area (TPSA) is 77.0 Å². The van der Waals surface area contributed by atoms with Crippen LogP contribution in [0.15, 0.2) is 46.8 Å². The highest BCUT2D eigenvalue weighted by atomic mass is 16.5. The fourth-order valence-corrected chi connectivity index (χ4v) is 1.57. The van der Waals surface area contributed by atoms with Gasteiger partial charge < -0.3 is 10.5 Å². The van der Waals surface area contributed by atoms with E-state index in [1.165, 1.54) is 6.20 Å². The fourth-order valence-electron chi connectivity index (χ4n) is 1.57. The zero-order valence-electron chi connectivity index (χ0n) is 8.75. The molecule has 1 amide bonds. The molecule has 0 fully saturated rings. The van der Waals surface area contributed by atoms with Gasteiger partial charge in [0.1, 0.15) is 5.75 Å². The van der Waals surface area contributed by atoms with Crippen LogP contribution in [0, 0.1) is 0 Å². The Kier molecular flexibility index (Phi) is 2.44. The summed E-state index contributed by atoms with van der Waals surface area (Å²) in [6, 6.07) is 7.00. The second-order valence-corrected chi connectivity index (χ2v) is 3.39. The molecule has 0 aromatic heterocycles. The van der Waals surface area contributed by atoms with Gasteiger partial charge in [0.25, 0.3) is 5.91 Å². The summed E-state index contributed by atoms with van der Waals surface area (Å²) in [6.45, 7) is 0. The van der Waals surface area contributed by atoms with Gasteiger partial charge in [0.15, 0.2) is 0 Å². The van der Waals surface area contributed by atoms with Crippen LogP contribution in [0.2, 0.25) is 0 Å². The van der Waals surface area contributed by atoms with E-state index in [4.69, 9.17) is 10.5 Å². The smallest absolute Gasteiger partial charge is 0.256 e. The van der Waals surface area contributed by atoms with E-state index in [0.717, 1.165) is 0 Å². The first-order valence-electron chi connectivity index (χ1n) is 4.73. The zero-order chi connectivity index (χ0) is 11.6. The van der Waals surface area contributed by atoms with Gasteiger partial charge in [-0.1, -0.05) is 12.1 Å². The summed E-state index contributed by atoms with van der Waals surface area (Å²) >= 11 is 0. The monoisotopic (exact) mass is 217 g/mol. The first kappa shape index (κ1) is 10.4. The Hall–Kier alpha value is -2.17. The Morgan fingerprint density at radius 1 is 1.38 bits per heavy atom. The Morgan fingerprint density at radius 2 is 2.06 bits per heavy atom. The van der Waals surface area contributed by atoms with Crippen LogP contribution >= 0.6 is 0 Å². The van der Waals surface area contributed by atoms with E-state index in [1.54, 1.807) is 37.5 Å². The van der Waals surface area contributed by atoms with E-state index in [9.17, 15) is 4.79 Å². The molecule has 0 saturated carbocycles. The van der Waals surface area contributed by atoms with Crippen molar-refractivity contribution in [1.82, 2.24) is 0 Å². The summed E-state index contributed by atoms with van der Waals surface area (Å²) in [5.74, 6) is 0.164. The van der Waals surface area contributed by atoms with Gasteiger partial charge in [-0.05, 0) is 23.8 Å². The average molecular weight is 217 g/mol.